The average molecular weight is 394 g/mol. The number of benzene rings is 1. The number of nitrogens with zero attached hydrogens (tertiary/aromatic N) is 5. The van der Waals surface area contributed by atoms with Crippen LogP contribution in [0.4, 0.5) is 11.8 Å². The van der Waals surface area contributed by atoms with Gasteiger partial charge in [-0.05, 0) is 29.8 Å². The van der Waals surface area contributed by atoms with E-state index in [0.29, 0.717) is 25.1 Å². The van der Waals surface area contributed by atoms with Crippen LogP contribution in [0.1, 0.15) is 11.3 Å². The fraction of sp³-hybridized carbons (Fsp3) is 0.350. The fourth-order valence-corrected chi connectivity index (χ4v) is 3.51. The third-order valence-corrected chi connectivity index (χ3v) is 5.07. The van der Waals surface area contributed by atoms with Crippen LogP contribution in [0.5, 0.6) is 11.5 Å². The maximum atomic E-state index is 5.47. The largest absolute Gasteiger partial charge is 0.467 e. The van der Waals surface area contributed by atoms with Crippen LogP contribution in [0, 0.1) is 0 Å². The summed E-state index contributed by atoms with van der Waals surface area (Å²) in [5, 5.41) is 11.5. The first-order valence-corrected chi connectivity index (χ1v) is 9.65. The monoisotopic (exact) mass is 394 g/mol. The van der Waals surface area contributed by atoms with Gasteiger partial charge in [0.05, 0.1) is 19.0 Å². The highest BCUT2D eigenvalue weighted by Crippen LogP contribution is 2.32. The van der Waals surface area contributed by atoms with E-state index >= 15 is 0 Å². The zero-order valence-electron chi connectivity index (χ0n) is 16.0. The average Bonchev–Trinajstić information content (AvgIpc) is 3.45. The van der Waals surface area contributed by atoms with E-state index in [4.69, 9.17) is 13.9 Å². The number of hydrogen-bond acceptors (Lipinski definition) is 9. The Balaban J connectivity index is 1.16. The lowest BCUT2D eigenvalue weighted by molar-refractivity contribution is 0.174. The standard InChI is InChI=1S/C20H22N6O3/c1-2-16(27-9-1)11-21-19-12-22-24-20(23-19)26-7-5-25(6-8-26)13-15-3-4-17-18(10-15)29-14-28-17/h1-4,9-10,12H,5-8,11,13-14H2,(H,21,23,24). The van der Waals surface area contributed by atoms with Crippen molar-refractivity contribution in [3.05, 3.63) is 54.1 Å². The van der Waals surface area contributed by atoms with Gasteiger partial charge in [0.1, 0.15) is 5.76 Å². The van der Waals surface area contributed by atoms with Crippen molar-refractivity contribution in [1.29, 1.82) is 0 Å². The van der Waals surface area contributed by atoms with Crippen LogP contribution >= 0.6 is 0 Å². The lowest BCUT2D eigenvalue weighted by Gasteiger charge is -2.34. The molecule has 3 aromatic rings. The van der Waals surface area contributed by atoms with Gasteiger partial charge in [0, 0.05) is 32.7 Å². The molecule has 150 valence electrons. The Labute approximate surface area is 168 Å². The zero-order valence-corrected chi connectivity index (χ0v) is 16.0. The summed E-state index contributed by atoms with van der Waals surface area (Å²) in [6.07, 6.45) is 3.28. The maximum absolute atomic E-state index is 5.47. The lowest BCUT2D eigenvalue weighted by atomic mass is 10.1. The second kappa shape index (κ2) is 7.96. The number of piperazine rings is 1. The maximum Gasteiger partial charge on any atom is 0.247 e. The first-order valence-electron chi connectivity index (χ1n) is 9.65. The molecule has 1 saturated heterocycles. The second-order valence-electron chi connectivity index (χ2n) is 7.03. The first kappa shape index (κ1) is 17.7. The van der Waals surface area contributed by atoms with Crippen LogP contribution in [0.15, 0.2) is 47.2 Å². The summed E-state index contributed by atoms with van der Waals surface area (Å²) in [5.74, 6) is 3.84. The molecule has 1 fully saturated rings. The molecule has 2 aliphatic rings. The number of hydrogen-bond donors (Lipinski definition) is 1. The summed E-state index contributed by atoms with van der Waals surface area (Å²) < 4.78 is 16.2. The third-order valence-electron chi connectivity index (χ3n) is 5.07. The van der Waals surface area contributed by atoms with Crippen LogP contribution in [0.25, 0.3) is 0 Å². The van der Waals surface area contributed by atoms with E-state index in [-0.39, 0.29) is 0 Å². The molecule has 9 nitrogen and oxygen atoms in total. The van der Waals surface area contributed by atoms with Crippen molar-refractivity contribution < 1.29 is 13.9 Å². The summed E-state index contributed by atoms with van der Waals surface area (Å²) in [5.41, 5.74) is 1.23. The molecule has 2 aromatic heterocycles. The van der Waals surface area contributed by atoms with E-state index in [9.17, 15) is 0 Å². The minimum Gasteiger partial charge on any atom is -0.467 e. The predicted molar refractivity (Wildman–Crippen MR) is 106 cm³/mol. The molecule has 9 heteroatoms. The topological polar surface area (TPSA) is 88.8 Å². The number of nitrogens with one attached hydrogen (secondary N) is 1. The molecule has 0 spiro atoms. The van der Waals surface area contributed by atoms with Crippen LogP contribution in [-0.4, -0.2) is 53.1 Å². The van der Waals surface area contributed by atoms with Crippen molar-refractivity contribution in [1.82, 2.24) is 20.1 Å². The molecule has 0 unspecified atom stereocenters. The molecule has 0 aliphatic carbocycles. The molecule has 0 saturated carbocycles. The van der Waals surface area contributed by atoms with Crippen LogP contribution < -0.4 is 19.7 Å². The van der Waals surface area contributed by atoms with Crippen molar-refractivity contribution in [2.24, 2.45) is 0 Å². The molecule has 4 heterocycles. The van der Waals surface area contributed by atoms with E-state index in [1.165, 1.54) is 5.56 Å². The summed E-state index contributed by atoms with van der Waals surface area (Å²) in [6, 6.07) is 9.93. The molecule has 0 amide bonds. The summed E-state index contributed by atoms with van der Waals surface area (Å²) >= 11 is 0. The van der Waals surface area contributed by atoms with Crippen molar-refractivity contribution >= 4 is 11.8 Å². The van der Waals surface area contributed by atoms with E-state index in [0.717, 1.165) is 50.0 Å². The van der Waals surface area contributed by atoms with E-state index in [2.05, 4.69) is 42.4 Å². The Morgan fingerprint density at radius 3 is 2.79 bits per heavy atom. The van der Waals surface area contributed by atoms with Gasteiger partial charge in [0.15, 0.2) is 17.3 Å². The fourth-order valence-electron chi connectivity index (χ4n) is 3.51. The molecule has 5 rings (SSSR count). The number of anilines is 2. The second-order valence-corrected chi connectivity index (χ2v) is 7.03. The van der Waals surface area contributed by atoms with Gasteiger partial charge in [-0.1, -0.05) is 6.07 Å². The van der Waals surface area contributed by atoms with Gasteiger partial charge in [-0.2, -0.15) is 10.1 Å². The number of furan rings is 1. The van der Waals surface area contributed by atoms with Gasteiger partial charge in [0.2, 0.25) is 12.7 Å². The third kappa shape index (κ3) is 4.09. The van der Waals surface area contributed by atoms with Crippen LogP contribution in [0.2, 0.25) is 0 Å². The number of rotatable bonds is 6. The molecular weight excluding hydrogens is 372 g/mol. The van der Waals surface area contributed by atoms with Gasteiger partial charge >= 0.3 is 0 Å². The Bertz CT molecular complexity index is 957. The van der Waals surface area contributed by atoms with Crippen molar-refractivity contribution in [2.45, 2.75) is 13.1 Å². The Kier molecular flexibility index (Phi) is 4.87. The predicted octanol–water partition coefficient (Wildman–Crippen LogP) is 2.13. The SMILES string of the molecule is c1coc(CNc2cnnc(N3CCN(Cc4ccc5c(c4)OCO5)CC3)n2)c1. The normalized spacial score (nSPS) is 16.2. The number of fused-ring (bicyclic) bond motifs is 1. The van der Waals surface area contributed by atoms with Gasteiger partial charge in [-0.25, -0.2) is 0 Å². The molecule has 0 bridgehead atoms. The Hall–Kier alpha value is -3.33. The summed E-state index contributed by atoms with van der Waals surface area (Å²) in [4.78, 5) is 9.18. The van der Waals surface area contributed by atoms with E-state index < -0.39 is 0 Å². The van der Waals surface area contributed by atoms with Crippen LogP contribution in [0.3, 0.4) is 0 Å². The molecule has 1 aromatic carbocycles. The van der Waals surface area contributed by atoms with Crippen molar-refractivity contribution in [3.63, 3.8) is 0 Å². The molecule has 0 atom stereocenters. The van der Waals surface area contributed by atoms with E-state index in [1.54, 1.807) is 12.5 Å². The highest BCUT2D eigenvalue weighted by Gasteiger charge is 2.21. The molecule has 2 aliphatic heterocycles. The van der Waals surface area contributed by atoms with E-state index in [1.807, 2.05) is 18.2 Å². The number of aromatic nitrogens is 3. The highest BCUT2D eigenvalue weighted by atomic mass is 16.7. The van der Waals surface area contributed by atoms with Gasteiger partial charge in [-0.15, -0.1) is 5.10 Å². The molecule has 0 radical (unpaired) electrons. The Morgan fingerprint density at radius 2 is 1.93 bits per heavy atom. The van der Waals surface area contributed by atoms with Gasteiger partial charge < -0.3 is 24.1 Å². The lowest BCUT2D eigenvalue weighted by Crippen LogP contribution is -2.46. The smallest absolute Gasteiger partial charge is 0.247 e. The summed E-state index contributed by atoms with van der Waals surface area (Å²) in [6.45, 7) is 5.33. The minimum atomic E-state index is 0.306. The van der Waals surface area contributed by atoms with Crippen molar-refractivity contribution in [3.8, 4) is 11.5 Å². The molecule has 29 heavy (non-hydrogen) atoms. The molecule has 1 N–H and O–H groups in total. The van der Waals surface area contributed by atoms with Crippen LogP contribution in [-0.2, 0) is 13.1 Å². The zero-order chi connectivity index (χ0) is 19.5. The molecular formula is C20H22N6O3. The van der Waals surface area contributed by atoms with Gasteiger partial charge in [-0.3, -0.25) is 4.90 Å². The minimum absolute atomic E-state index is 0.306. The Morgan fingerprint density at radius 1 is 1.03 bits per heavy atom. The quantitative estimate of drug-likeness (QED) is 0.675. The highest BCUT2D eigenvalue weighted by molar-refractivity contribution is 5.44. The van der Waals surface area contributed by atoms with Crippen molar-refractivity contribution in [2.75, 3.05) is 43.2 Å². The van der Waals surface area contributed by atoms with Gasteiger partial charge in [0.25, 0.3) is 0 Å². The summed E-state index contributed by atoms with van der Waals surface area (Å²) in [7, 11) is 0. The number of ether oxygens (including phenoxy) is 2. The first-order chi connectivity index (χ1) is 14.3.